The lowest BCUT2D eigenvalue weighted by atomic mass is 10.0. The van der Waals surface area contributed by atoms with Gasteiger partial charge in [0.2, 0.25) is 0 Å². The quantitative estimate of drug-likeness (QED) is 0.947. The zero-order chi connectivity index (χ0) is 15.5. The molecule has 1 aliphatic rings. The molecule has 0 aromatic heterocycles. The van der Waals surface area contributed by atoms with Crippen LogP contribution in [0.2, 0.25) is 0 Å². The third-order valence-electron chi connectivity index (χ3n) is 4.08. The summed E-state index contributed by atoms with van der Waals surface area (Å²) in [5.41, 5.74) is 2.69. The SMILES string of the molecule is N#Cc1cccc(CN2C[C@@H](O)C[C@@H]2c2ccc(F)cc2)c1. The topological polar surface area (TPSA) is 47.3 Å². The molecule has 0 radical (unpaired) electrons. The van der Waals surface area contributed by atoms with Crippen LogP contribution in [0.5, 0.6) is 0 Å². The van der Waals surface area contributed by atoms with Gasteiger partial charge in [0.15, 0.2) is 0 Å². The van der Waals surface area contributed by atoms with Crippen molar-refractivity contribution in [1.82, 2.24) is 4.90 Å². The van der Waals surface area contributed by atoms with Crippen LogP contribution in [-0.4, -0.2) is 22.7 Å². The first-order valence-electron chi connectivity index (χ1n) is 7.32. The van der Waals surface area contributed by atoms with Crippen molar-refractivity contribution in [2.75, 3.05) is 6.54 Å². The summed E-state index contributed by atoms with van der Waals surface area (Å²) < 4.78 is 13.1. The van der Waals surface area contributed by atoms with Gasteiger partial charge in [-0.2, -0.15) is 5.26 Å². The van der Waals surface area contributed by atoms with Gasteiger partial charge in [0.05, 0.1) is 17.7 Å². The number of hydrogen-bond acceptors (Lipinski definition) is 3. The molecular weight excluding hydrogens is 279 g/mol. The molecule has 2 aromatic carbocycles. The van der Waals surface area contributed by atoms with Crippen LogP contribution in [0.3, 0.4) is 0 Å². The van der Waals surface area contributed by atoms with E-state index in [1.54, 1.807) is 18.2 Å². The van der Waals surface area contributed by atoms with Crippen LogP contribution in [0.4, 0.5) is 4.39 Å². The van der Waals surface area contributed by atoms with E-state index in [1.165, 1.54) is 12.1 Å². The molecule has 0 amide bonds. The molecule has 4 heteroatoms. The Morgan fingerprint density at radius 3 is 2.73 bits per heavy atom. The molecule has 1 aliphatic heterocycles. The van der Waals surface area contributed by atoms with Crippen molar-refractivity contribution in [1.29, 1.82) is 5.26 Å². The maximum Gasteiger partial charge on any atom is 0.123 e. The number of β-amino-alcohol motifs (C(OH)–C–C–N with tert-alkyl or cyclic N) is 1. The van der Waals surface area contributed by atoms with E-state index in [0.717, 1.165) is 11.1 Å². The summed E-state index contributed by atoms with van der Waals surface area (Å²) in [5, 5.41) is 19.0. The number of nitriles is 1. The second-order valence-electron chi connectivity index (χ2n) is 5.70. The lowest BCUT2D eigenvalue weighted by Gasteiger charge is -2.24. The third-order valence-corrected chi connectivity index (χ3v) is 4.08. The number of aliphatic hydroxyl groups is 1. The van der Waals surface area contributed by atoms with Crippen molar-refractivity contribution in [3.63, 3.8) is 0 Å². The van der Waals surface area contributed by atoms with Crippen LogP contribution in [0, 0.1) is 17.1 Å². The first-order valence-corrected chi connectivity index (χ1v) is 7.32. The zero-order valence-corrected chi connectivity index (χ0v) is 12.1. The molecule has 0 unspecified atom stereocenters. The average molecular weight is 296 g/mol. The van der Waals surface area contributed by atoms with Crippen molar-refractivity contribution >= 4 is 0 Å². The highest BCUT2D eigenvalue weighted by Crippen LogP contribution is 2.33. The van der Waals surface area contributed by atoms with Crippen LogP contribution in [0.15, 0.2) is 48.5 Å². The minimum atomic E-state index is -0.380. The minimum absolute atomic E-state index is 0.0707. The van der Waals surface area contributed by atoms with E-state index in [-0.39, 0.29) is 18.0 Å². The molecule has 0 saturated carbocycles. The summed E-state index contributed by atoms with van der Waals surface area (Å²) in [5.74, 6) is -0.254. The van der Waals surface area contributed by atoms with Crippen molar-refractivity contribution < 1.29 is 9.50 Å². The number of likely N-dealkylation sites (tertiary alicyclic amines) is 1. The number of aliphatic hydroxyl groups excluding tert-OH is 1. The Labute approximate surface area is 129 Å². The van der Waals surface area contributed by atoms with Crippen LogP contribution in [-0.2, 0) is 6.54 Å². The second kappa shape index (κ2) is 6.27. The first kappa shape index (κ1) is 14.7. The molecular formula is C18H17FN2O. The Bertz CT molecular complexity index is 693. The molecule has 1 heterocycles. The van der Waals surface area contributed by atoms with Crippen LogP contribution < -0.4 is 0 Å². The molecule has 22 heavy (non-hydrogen) atoms. The summed E-state index contributed by atoms with van der Waals surface area (Å²) in [6.45, 7) is 1.24. The van der Waals surface area contributed by atoms with Crippen molar-refractivity contribution in [3.8, 4) is 6.07 Å². The molecule has 1 saturated heterocycles. The highest BCUT2D eigenvalue weighted by molar-refractivity contribution is 5.33. The molecule has 3 rings (SSSR count). The molecule has 0 bridgehead atoms. The molecule has 3 nitrogen and oxygen atoms in total. The largest absolute Gasteiger partial charge is 0.392 e. The van der Waals surface area contributed by atoms with Crippen molar-refractivity contribution in [2.45, 2.75) is 25.1 Å². The van der Waals surface area contributed by atoms with Gasteiger partial charge in [0.25, 0.3) is 0 Å². The summed E-state index contributed by atoms with van der Waals surface area (Å²) in [6, 6.07) is 16.2. The first-order chi connectivity index (χ1) is 10.7. The second-order valence-corrected chi connectivity index (χ2v) is 5.70. The van der Waals surface area contributed by atoms with Gasteiger partial charge in [-0.3, -0.25) is 4.90 Å². The maximum absolute atomic E-state index is 13.1. The van der Waals surface area contributed by atoms with Gasteiger partial charge in [-0.15, -0.1) is 0 Å². The monoisotopic (exact) mass is 296 g/mol. The zero-order valence-electron chi connectivity index (χ0n) is 12.1. The standard InChI is InChI=1S/C18H17FN2O/c19-16-6-4-15(5-7-16)18-9-17(22)12-21(18)11-14-3-1-2-13(8-14)10-20/h1-8,17-18,22H,9,11-12H2/t17-,18+/m0/s1. The summed E-state index contributed by atoms with van der Waals surface area (Å²) in [6.07, 6.45) is 0.262. The van der Waals surface area contributed by atoms with Gasteiger partial charge in [0.1, 0.15) is 5.82 Å². The molecule has 2 atom stereocenters. The van der Waals surface area contributed by atoms with E-state index in [4.69, 9.17) is 5.26 Å². The fourth-order valence-corrected chi connectivity index (χ4v) is 3.06. The Morgan fingerprint density at radius 2 is 2.00 bits per heavy atom. The molecule has 0 aliphatic carbocycles. The van der Waals surface area contributed by atoms with Gasteiger partial charge in [-0.05, 0) is 41.8 Å². The van der Waals surface area contributed by atoms with Gasteiger partial charge < -0.3 is 5.11 Å². The average Bonchev–Trinajstić information content (AvgIpc) is 2.89. The van der Waals surface area contributed by atoms with Gasteiger partial charge in [-0.1, -0.05) is 24.3 Å². The van der Waals surface area contributed by atoms with Crippen LogP contribution in [0.25, 0.3) is 0 Å². The summed E-state index contributed by atoms with van der Waals surface area (Å²) in [7, 11) is 0. The van der Waals surface area contributed by atoms with Crippen molar-refractivity contribution in [2.24, 2.45) is 0 Å². The van der Waals surface area contributed by atoms with E-state index < -0.39 is 0 Å². The van der Waals surface area contributed by atoms with E-state index >= 15 is 0 Å². The predicted molar refractivity (Wildman–Crippen MR) is 81.3 cm³/mol. The Hall–Kier alpha value is -2.22. The highest BCUT2D eigenvalue weighted by Gasteiger charge is 2.31. The van der Waals surface area contributed by atoms with Gasteiger partial charge in [-0.25, -0.2) is 4.39 Å². The molecule has 1 N–H and O–H groups in total. The molecule has 2 aromatic rings. The van der Waals surface area contributed by atoms with E-state index in [2.05, 4.69) is 11.0 Å². The van der Waals surface area contributed by atoms with E-state index in [1.807, 2.05) is 18.2 Å². The number of rotatable bonds is 3. The van der Waals surface area contributed by atoms with E-state index in [0.29, 0.717) is 25.1 Å². The van der Waals surface area contributed by atoms with Gasteiger partial charge in [0, 0.05) is 19.1 Å². The Balaban J connectivity index is 1.81. The van der Waals surface area contributed by atoms with Gasteiger partial charge >= 0.3 is 0 Å². The minimum Gasteiger partial charge on any atom is -0.392 e. The number of halogens is 1. The normalized spacial score (nSPS) is 21.7. The third kappa shape index (κ3) is 3.16. The molecule has 0 spiro atoms. The smallest absolute Gasteiger partial charge is 0.123 e. The Morgan fingerprint density at radius 1 is 1.23 bits per heavy atom. The number of nitrogens with zero attached hydrogens (tertiary/aromatic N) is 2. The van der Waals surface area contributed by atoms with Crippen LogP contribution >= 0.6 is 0 Å². The van der Waals surface area contributed by atoms with Crippen LogP contribution in [0.1, 0.15) is 29.2 Å². The lowest BCUT2D eigenvalue weighted by molar-refractivity contribution is 0.172. The fraction of sp³-hybridized carbons (Fsp3) is 0.278. The number of benzene rings is 2. The fourth-order valence-electron chi connectivity index (χ4n) is 3.06. The molecule has 1 fully saturated rings. The van der Waals surface area contributed by atoms with E-state index in [9.17, 15) is 9.50 Å². The summed E-state index contributed by atoms with van der Waals surface area (Å²) >= 11 is 0. The summed E-state index contributed by atoms with van der Waals surface area (Å²) in [4.78, 5) is 2.17. The predicted octanol–water partition coefficient (Wildman–Crippen LogP) is 3.01. The maximum atomic E-state index is 13.1. The lowest BCUT2D eigenvalue weighted by Crippen LogP contribution is -2.24. The Kier molecular flexibility index (Phi) is 4.19. The molecule has 112 valence electrons. The highest BCUT2D eigenvalue weighted by atomic mass is 19.1. The van der Waals surface area contributed by atoms with Crippen molar-refractivity contribution in [3.05, 3.63) is 71.0 Å². The number of hydrogen-bond donors (Lipinski definition) is 1.